The molecule has 0 radical (unpaired) electrons. The zero-order valence-corrected chi connectivity index (χ0v) is 16.5. The molecule has 1 aliphatic rings. The third kappa shape index (κ3) is 8.80. The van der Waals surface area contributed by atoms with Crippen molar-refractivity contribution in [3.8, 4) is 0 Å². The van der Waals surface area contributed by atoms with Crippen LogP contribution in [0.3, 0.4) is 0 Å². The van der Waals surface area contributed by atoms with E-state index in [0.29, 0.717) is 13.1 Å². The lowest BCUT2D eigenvalue weighted by atomic mass is 10.1. The number of rotatable bonds is 4. The highest BCUT2D eigenvalue weighted by Gasteiger charge is 2.27. The maximum Gasteiger partial charge on any atom is 0.410 e. The van der Waals surface area contributed by atoms with Crippen LogP contribution in [0.25, 0.3) is 0 Å². The Hall–Kier alpha value is -1.71. The molecule has 0 aromatic carbocycles. The van der Waals surface area contributed by atoms with Crippen molar-refractivity contribution in [1.82, 2.24) is 4.90 Å². The van der Waals surface area contributed by atoms with Gasteiger partial charge in [0.1, 0.15) is 17.5 Å². The molecule has 0 aromatic rings. The second-order valence-electron chi connectivity index (χ2n) is 6.57. The maximum absolute atomic E-state index is 12.0. The fourth-order valence-electron chi connectivity index (χ4n) is 2.14. The van der Waals surface area contributed by atoms with Crippen molar-refractivity contribution in [2.24, 2.45) is 0 Å². The van der Waals surface area contributed by atoms with Crippen molar-refractivity contribution in [2.75, 3.05) is 13.1 Å². The van der Waals surface area contributed by atoms with Gasteiger partial charge >= 0.3 is 6.09 Å². The Morgan fingerprint density at radius 3 is 2.17 bits per heavy atom. The number of ether oxygens (including phenoxy) is 2. The first-order chi connectivity index (χ1) is 11.2. The second-order valence-corrected chi connectivity index (χ2v) is 6.57. The van der Waals surface area contributed by atoms with Crippen LogP contribution in [0.2, 0.25) is 0 Å². The standard InChI is InChI=1S/C18H29NO3.C2H6/c1-7-14(3)13-15(8-2)21-16-9-11-19(12-10-16)17(20)22-18(4,5)6;1-2/h7-8,13,16H,1,9-12H2,2-6H3;1-2H3/b14-13-,15-8+;. The van der Waals surface area contributed by atoms with Crippen LogP contribution in [0.15, 0.2) is 36.1 Å². The van der Waals surface area contributed by atoms with Crippen LogP contribution < -0.4 is 0 Å². The number of hydrogen-bond donors (Lipinski definition) is 0. The molecule has 1 saturated heterocycles. The zero-order valence-electron chi connectivity index (χ0n) is 16.5. The van der Waals surface area contributed by atoms with Gasteiger partial charge in [0.25, 0.3) is 0 Å². The first kappa shape index (κ1) is 22.3. The minimum atomic E-state index is -0.449. The summed E-state index contributed by atoms with van der Waals surface area (Å²) in [7, 11) is 0. The lowest BCUT2D eigenvalue weighted by Gasteiger charge is -2.33. The van der Waals surface area contributed by atoms with Crippen LogP contribution in [0, 0.1) is 0 Å². The van der Waals surface area contributed by atoms with Crippen LogP contribution in [0.5, 0.6) is 0 Å². The third-order valence-corrected chi connectivity index (χ3v) is 3.37. The first-order valence-electron chi connectivity index (χ1n) is 8.87. The van der Waals surface area contributed by atoms with E-state index >= 15 is 0 Å². The van der Waals surface area contributed by atoms with E-state index in [4.69, 9.17) is 9.47 Å². The average Bonchev–Trinajstić information content (AvgIpc) is 2.54. The Kier molecular flexibility index (Phi) is 10.2. The van der Waals surface area contributed by atoms with Crippen LogP contribution >= 0.6 is 0 Å². The molecule has 0 N–H and O–H groups in total. The molecule has 138 valence electrons. The maximum atomic E-state index is 12.0. The largest absolute Gasteiger partial charge is 0.491 e. The SMILES string of the molecule is C=C/C(C)=C\C(=C/C)OC1CCN(C(=O)OC(C)(C)C)CC1.CC. The minimum Gasteiger partial charge on any atom is -0.491 e. The van der Waals surface area contributed by atoms with Gasteiger partial charge < -0.3 is 14.4 Å². The Morgan fingerprint density at radius 1 is 1.21 bits per heavy atom. The summed E-state index contributed by atoms with van der Waals surface area (Å²) in [6, 6.07) is 0. The number of allylic oxidation sites excluding steroid dienone is 4. The summed E-state index contributed by atoms with van der Waals surface area (Å²) >= 11 is 0. The Bertz CT molecular complexity index is 450. The van der Waals surface area contributed by atoms with Crippen molar-refractivity contribution in [3.63, 3.8) is 0 Å². The number of amides is 1. The van der Waals surface area contributed by atoms with E-state index in [2.05, 4.69) is 6.58 Å². The van der Waals surface area contributed by atoms with Gasteiger partial charge in [-0.2, -0.15) is 0 Å². The van der Waals surface area contributed by atoms with E-state index < -0.39 is 5.60 Å². The molecule has 1 aliphatic heterocycles. The zero-order chi connectivity index (χ0) is 18.8. The lowest BCUT2D eigenvalue weighted by Crippen LogP contribution is -2.43. The van der Waals surface area contributed by atoms with Gasteiger partial charge in [0.05, 0.1) is 0 Å². The molecule has 0 spiro atoms. The number of carbonyl (C=O) groups is 1. The van der Waals surface area contributed by atoms with Gasteiger partial charge in [-0.3, -0.25) is 0 Å². The number of nitrogens with zero attached hydrogens (tertiary/aromatic N) is 1. The summed E-state index contributed by atoms with van der Waals surface area (Å²) in [5.74, 6) is 0.855. The Morgan fingerprint density at radius 2 is 1.75 bits per heavy atom. The molecule has 0 bridgehead atoms. The Labute approximate surface area is 148 Å². The lowest BCUT2D eigenvalue weighted by molar-refractivity contribution is 0.00551. The van der Waals surface area contributed by atoms with Crippen LogP contribution in [-0.2, 0) is 9.47 Å². The molecule has 1 rings (SSSR count). The summed E-state index contributed by atoms with van der Waals surface area (Å²) in [4.78, 5) is 13.8. The van der Waals surface area contributed by atoms with E-state index in [1.165, 1.54) is 0 Å². The molecule has 0 aromatic heterocycles. The van der Waals surface area contributed by atoms with Gasteiger partial charge in [0.2, 0.25) is 0 Å². The molecular formula is C20H35NO3. The smallest absolute Gasteiger partial charge is 0.410 e. The predicted octanol–water partition coefficient (Wildman–Crippen LogP) is 5.46. The van der Waals surface area contributed by atoms with Crippen molar-refractivity contribution in [1.29, 1.82) is 0 Å². The Balaban J connectivity index is 0.00000254. The molecule has 4 heteroatoms. The highest BCUT2D eigenvalue weighted by Crippen LogP contribution is 2.20. The molecule has 0 saturated carbocycles. The molecule has 1 amide bonds. The van der Waals surface area contributed by atoms with E-state index in [1.807, 2.05) is 60.6 Å². The highest BCUT2D eigenvalue weighted by molar-refractivity contribution is 5.68. The van der Waals surface area contributed by atoms with Crippen molar-refractivity contribution < 1.29 is 14.3 Å². The molecular weight excluding hydrogens is 302 g/mol. The van der Waals surface area contributed by atoms with Gasteiger partial charge in [0.15, 0.2) is 0 Å². The normalized spacial score (nSPS) is 16.9. The van der Waals surface area contributed by atoms with Crippen LogP contribution in [0.4, 0.5) is 4.79 Å². The number of hydrogen-bond acceptors (Lipinski definition) is 3. The highest BCUT2D eigenvalue weighted by atomic mass is 16.6. The van der Waals surface area contributed by atoms with Gasteiger partial charge in [-0.05, 0) is 52.3 Å². The van der Waals surface area contributed by atoms with Crippen LogP contribution in [-0.4, -0.2) is 35.8 Å². The fourth-order valence-corrected chi connectivity index (χ4v) is 2.14. The molecule has 24 heavy (non-hydrogen) atoms. The predicted molar refractivity (Wildman–Crippen MR) is 101 cm³/mol. The summed E-state index contributed by atoms with van der Waals surface area (Å²) in [5.41, 5.74) is 0.620. The molecule has 0 atom stereocenters. The van der Waals surface area contributed by atoms with E-state index in [-0.39, 0.29) is 12.2 Å². The summed E-state index contributed by atoms with van der Waals surface area (Å²) < 4.78 is 11.4. The van der Waals surface area contributed by atoms with E-state index in [1.54, 1.807) is 11.0 Å². The quantitative estimate of drug-likeness (QED) is 0.505. The van der Waals surface area contributed by atoms with Gasteiger partial charge in [-0.25, -0.2) is 4.79 Å². The third-order valence-electron chi connectivity index (χ3n) is 3.37. The van der Waals surface area contributed by atoms with Crippen molar-refractivity contribution in [2.45, 2.75) is 73.0 Å². The van der Waals surface area contributed by atoms with E-state index in [9.17, 15) is 4.79 Å². The summed E-state index contributed by atoms with van der Waals surface area (Å²) in [6.45, 7) is 18.7. The van der Waals surface area contributed by atoms with Gasteiger partial charge in [-0.1, -0.05) is 26.5 Å². The number of likely N-dealkylation sites (tertiary alicyclic amines) is 1. The monoisotopic (exact) mass is 337 g/mol. The van der Waals surface area contributed by atoms with E-state index in [0.717, 1.165) is 24.2 Å². The second kappa shape index (κ2) is 11.0. The fraction of sp³-hybridized carbons (Fsp3) is 0.650. The average molecular weight is 338 g/mol. The minimum absolute atomic E-state index is 0.138. The van der Waals surface area contributed by atoms with Gasteiger partial charge in [0, 0.05) is 25.9 Å². The first-order valence-corrected chi connectivity index (χ1v) is 8.87. The molecule has 1 fully saturated rings. The molecule has 1 heterocycles. The number of piperidine rings is 1. The van der Waals surface area contributed by atoms with Gasteiger partial charge in [-0.15, -0.1) is 0 Å². The number of carbonyl (C=O) groups excluding carboxylic acids is 1. The topological polar surface area (TPSA) is 38.8 Å². The van der Waals surface area contributed by atoms with Crippen molar-refractivity contribution >= 4 is 6.09 Å². The van der Waals surface area contributed by atoms with Crippen LogP contribution in [0.1, 0.15) is 61.3 Å². The molecule has 4 nitrogen and oxygen atoms in total. The summed E-state index contributed by atoms with van der Waals surface area (Å²) in [5, 5.41) is 0. The summed E-state index contributed by atoms with van der Waals surface area (Å²) in [6.07, 6.45) is 7.27. The molecule has 0 aliphatic carbocycles. The molecule has 0 unspecified atom stereocenters. The van der Waals surface area contributed by atoms with Crippen molar-refractivity contribution in [3.05, 3.63) is 36.1 Å².